The Morgan fingerprint density at radius 2 is 1.76 bits per heavy atom. The maximum absolute atomic E-state index is 14.0. The van der Waals surface area contributed by atoms with Crippen LogP contribution in [0.25, 0.3) is 5.70 Å². The Balaban J connectivity index is 2.17. The van der Waals surface area contributed by atoms with Crippen LogP contribution in [-0.2, 0) is 5.67 Å². The molecule has 0 saturated heterocycles. The molecule has 2 aromatic rings. The van der Waals surface area contributed by atoms with Crippen LogP contribution in [0.2, 0.25) is 0 Å². The predicted octanol–water partition coefficient (Wildman–Crippen LogP) is 6.48. The Morgan fingerprint density at radius 1 is 1.14 bits per heavy atom. The van der Waals surface area contributed by atoms with E-state index in [0.29, 0.717) is 22.6 Å². The van der Waals surface area contributed by atoms with E-state index in [1.165, 1.54) is 13.8 Å². The molecule has 0 aliphatic heterocycles. The molecule has 0 N–H and O–H groups in total. The van der Waals surface area contributed by atoms with E-state index in [0.717, 1.165) is 22.4 Å². The summed E-state index contributed by atoms with van der Waals surface area (Å²) >= 11 is 4.26. The highest BCUT2D eigenvalue weighted by Gasteiger charge is 2.18. The van der Waals surface area contributed by atoms with Gasteiger partial charge in [0.25, 0.3) is 0 Å². The van der Waals surface area contributed by atoms with Crippen molar-refractivity contribution in [3.05, 3.63) is 69.6 Å². The van der Waals surface area contributed by atoms with Gasteiger partial charge in [0.05, 0.1) is 11.4 Å². The third-order valence-electron chi connectivity index (χ3n) is 4.71. The zero-order valence-electron chi connectivity index (χ0n) is 17.8. The molecule has 0 unspecified atom stereocenters. The first-order valence-electron chi connectivity index (χ1n) is 9.47. The minimum Gasteiger partial charge on any atom is -0.487 e. The van der Waals surface area contributed by atoms with Crippen molar-refractivity contribution in [1.82, 2.24) is 0 Å². The van der Waals surface area contributed by atoms with Crippen LogP contribution in [0.4, 0.5) is 4.39 Å². The van der Waals surface area contributed by atoms with Gasteiger partial charge in [-0.15, -0.1) is 12.6 Å². The molecule has 0 bridgehead atoms. The summed E-state index contributed by atoms with van der Waals surface area (Å²) in [4.78, 5) is 16.5. The third-order valence-corrected chi connectivity index (χ3v) is 4.96. The van der Waals surface area contributed by atoms with Crippen LogP contribution in [0, 0.1) is 13.8 Å². The number of benzene rings is 2. The van der Waals surface area contributed by atoms with Gasteiger partial charge in [-0.2, -0.15) is 0 Å². The Kier molecular flexibility index (Phi) is 7.42. The number of Topliss-reactive ketones (excluding diaryl/α,β-unsaturated/α-hetero) is 1. The van der Waals surface area contributed by atoms with Gasteiger partial charge in [-0.25, -0.2) is 4.39 Å². The van der Waals surface area contributed by atoms with E-state index in [-0.39, 0.29) is 12.4 Å². The second-order valence-corrected chi connectivity index (χ2v) is 7.89. The molecule has 0 heterocycles. The minimum atomic E-state index is -1.39. The number of thiol groups is 1. The van der Waals surface area contributed by atoms with Crippen LogP contribution in [-0.4, -0.2) is 18.1 Å². The second kappa shape index (κ2) is 9.40. The molecule has 0 atom stereocenters. The molecular weight excluding hydrogens is 385 g/mol. The Morgan fingerprint density at radius 3 is 2.28 bits per heavy atom. The van der Waals surface area contributed by atoms with E-state index < -0.39 is 5.67 Å². The fourth-order valence-corrected chi connectivity index (χ4v) is 3.36. The fraction of sp³-hybridized carbons (Fsp3) is 0.333. The van der Waals surface area contributed by atoms with Crippen LogP contribution in [0.5, 0.6) is 5.75 Å². The maximum Gasteiger partial charge on any atom is 0.160 e. The van der Waals surface area contributed by atoms with Crippen molar-refractivity contribution in [3.8, 4) is 5.75 Å². The maximum atomic E-state index is 14.0. The number of halogens is 1. The highest BCUT2D eigenvalue weighted by molar-refractivity contribution is 7.83. The molecule has 154 valence electrons. The molecule has 0 fully saturated rings. The van der Waals surface area contributed by atoms with Crippen LogP contribution < -0.4 is 4.74 Å². The standard InChI is InChI=1S/C24H28FNO2S/c1-15-7-12-22(17(3)23(15)18(4)27)28-13-16(2)26-21(14-29)19-8-10-20(11-9-19)24(5,6)25/h7-12,14,29H,13H2,1-6H3/b21-14-,26-16+. The first-order chi connectivity index (χ1) is 13.5. The largest absolute Gasteiger partial charge is 0.487 e. The highest BCUT2D eigenvalue weighted by atomic mass is 32.1. The predicted molar refractivity (Wildman–Crippen MR) is 122 cm³/mol. The molecule has 5 heteroatoms. The summed E-state index contributed by atoms with van der Waals surface area (Å²) in [6.45, 7) is 10.6. The van der Waals surface area contributed by atoms with Crippen molar-refractivity contribution < 1.29 is 13.9 Å². The van der Waals surface area contributed by atoms with Gasteiger partial charge in [0.1, 0.15) is 18.0 Å². The molecule has 0 aromatic heterocycles. The average Bonchev–Trinajstić information content (AvgIpc) is 2.64. The van der Waals surface area contributed by atoms with Gasteiger partial charge in [0.2, 0.25) is 0 Å². The van der Waals surface area contributed by atoms with Crippen molar-refractivity contribution in [2.24, 2.45) is 4.99 Å². The Bertz CT molecular complexity index is 954. The first kappa shape index (κ1) is 22.9. The third kappa shape index (κ3) is 5.80. The Labute approximate surface area is 178 Å². The number of aryl methyl sites for hydroxylation is 1. The van der Waals surface area contributed by atoms with Gasteiger partial charge in [-0.3, -0.25) is 9.79 Å². The van der Waals surface area contributed by atoms with Crippen LogP contribution >= 0.6 is 12.6 Å². The average molecular weight is 414 g/mol. The number of rotatable bonds is 7. The quantitative estimate of drug-likeness (QED) is 0.320. The van der Waals surface area contributed by atoms with Gasteiger partial charge in [0, 0.05) is 16.7 Å². The monoisotopic (exact) mass is 413 g/mol. The number of ketones is 1. The van der Waals surface area contributed by atoms with Gasteiger partial charge >= 0.3 is 0 Å². The summed E-state index contributed by atoms with van der Waals surface area (Å²) in [6.07, 6.45) is 0. The number of carbonyl (C=O) groups excluding carboxylic acids is 1. The first-order valence-corrected chi connectivity index (χ1v) is 9.98. The van der Waals surface area contributed by atoms with Crippen molar-refractivity contribution >= 4 is 29.8 Å². The number of ether oxygens (including phenoxy) is 1. The molecule has 3 nitrogen and oxygen atoms in total. The molecule has 29 heavy (non-hydrogen) atoms. The molecule has 0 aliphatic rings. The molecule has 0 aliphatic carbocycles. The molecule has 0 saturated carbocycles. The minimum absolute atomic E-state index is 0.0241. The van der Waals surface area contributed by atoms with Crippen molar-refractivity contribution in [2.45, 2.75) is 47.2 Å². The summed E-state index contributed by atoms with van der Waals surface area (Å²) in [5.74, 6) is 0.692. The summed E-state index contributed by atoms with van der Waals surface area (Å²) in [5, 5.41) is 1.62. The summed E-state index contributed by atoms with van der Waals surface area (Å²) in [5.41, 5.74) is 3.96. The summed E-state index contributed by atoms with van der Waals surface area (Å²) in [6, 6.07) is 10.9. The van der Waals surface area contributed by atoms with Crippen molar-refractivity contribution in [3.63, 3.8) is 0 Å². The highest BCUT2D eigenvalue weighted by Crippen LogP contribution is 2.27. The topological polar surface area (TPSA) is 38.7 Å². The van der Waals surface area contributed by atoms with Crippen molar-refractivity contribution in [1.29, 1.82) is 0 Å². The van der Waals surface area contributed by atoms with Gasteiger partial charge in [-0.05, 0) is 64.1 Å². The number of nitrogens with zero attached hydrogens (tertiary/aromatic N) is 1. The van der Waals surface area contributed by atoms with Gasteiger partial charge < -0.3 is 4.74 Å². The molecule has 0 radical (unpaired) electrons. The van der Waals surface area contributed by atoms with E-state index in [1.807, 2.05) is 45.0 Å². The molecule has 0 spiro atoms. The molecule has 2 rings (SSSR count). The number of aliphatic imine (C=N–C) groups is 1. The van der Waals surface area contributed by atoms with Crippen LogP contribution in [0.15, 0.2) is 46.8 Å². The Hall–Kier alpha value is -2.40. The van der Waals surface area contributed by atoms with Crippen LogP contribution in [0.3, 0.4) is 0 Å². The zero-order chi connectivity index (χ0) is 21.8. The fourth-order valence-electron chi connectivity index (χ4n) is 3.15. The summed E-state index contributed by atoms with van der Waals surface area (Å²) in [7, 11) is 0. The molecular formula is C24H28FNO2S. The van der Waals surface area contributed by atoms with E-state index in [1.54, 1.807) is 24.5 Å². The van der Waals surface area contributed by atoms with E-state index in [2.05, 4.69) is 17.6 Å². The molecule has 0 amide bonds. The van der Waals surface area contributed by atoms with E-state index in [9.17, 15) is 9.18 Å². The van der Waals surface area contributed by atoms with Crippen molar-refractivity contribution in [2.75, 3.05) is 6.61 Å². The lowest BCUT2D eigenvalue weighted by Gasteiger charge is -2.15. The van der Waals surface area contributed by atoms with E-state index >= 15 is 0 Å². The lowest BCUT2D eigenvalue weighted by atomic mass is 9.98. The van der Waals surface area contributed by atoms with E-state index in [4.69, 9.17) is 4.74 Å². The smallest absolute Gasteiger partial charge is 0.160 e. The second-order valence-electron chi connectivity index (χ2n) is 7.64. The number of carbonyl (C=O) groups is 1. The number of alkyl halides is 1. The number of hydrogen-bond acceptors (Lipinski definition) is 4. The van der Waals surface area contributed by atoms with Gasteiger partial charge in [-0.1, -0.05) is 30.3 Å². The molecule has 2 aromatic carbocycles. The lowest BCUT2D eigenvalue weighted by Crippen LogP contribution is -2.10. The zero-order valence-corrected chi connectivity index (χ0v) is 18.7. The van der Waals surface area contributed by atoms with Crippen LogP contribution in [0.1, 0.15) is 60.3 Å². The van der Waals surface area contributed by atoms with Gasteiger partial charge in [0.15, 0.2) is 5.78 Å². The lowest BCUT2D eigenvalue weighted by molar-refractivity contribution is 0.101. The number of hydrogen-bond donors (Lipinski definition) is 1. The SMILES string of the molecule is CC(=O)c1c(C)ccc(OC/C(C)=N/C(=C\S)c2ccc(C(C)(C)F)cc2)c1C. The summed E-state index contributed by atoms with van der Waals surface area (Å²) < 4.78 is 20.0. The normalized spacial score (nSPS) is 12.8.